The van der Waals surface area contributed by atoms with E-state index in [9.17, 15) is 10.1 Å². The molecule has 0 unspecified atom stereocenters. The monoisotopic (exact) mass is 397 g/mol. The number of rotatable bonds is 5. The summed E-state index contributed by atoms with van der Waals surface area (Å²) in [5.74, 6) is 0.0714. The third-order valence-corrected chi connectivity index (χ3v) is 5.26. The van der Waals surface area contributed by atoms with Crippen LogP contribution in [0.25, 0.3) is 11.8 Å². The molecular formula is C26H27N3O. The molecule has 0 aliphatic rings. The van der Waals surface area contributed by atoms with Gasteiger partial charge in [-0.2, -0.15) is 5.26 Å². The second-order valence-electron chi connectivity index (χ2n) is 7.90. The molecule has 0 radical (unpaired) electrons. The van der Waals surface area contributed by atoms with Gasteiger partial charge >= 0.3 is 0 Å². The average molecular weight is 398 g/mol. The molecule has 0 spiro atoms. The molecule has 0 aliphatic heterocycles. The second-order valence-corrected chi connectivity index (χ2v) is 7.90. The summed E-state index contributed by atoms with van der Waals surface area (Å²) >= 11 is 0. The Bertz CT molecular complexity index is 1120. The number of amides is 1. The standard InChI is InChI=1S/C26H27N3O/c1-17(2)21-8-12-25(13-9-21)29-19(4)14-22(20(29)5)15-23(16-27)26(30)28-24-10-6-18(3)7-11-24/h6-15,17H,1-5H3,(H,28,30). The van der Waals surface area contributed by atoms with Crippen molar-refractivity contribution < 1.29 is 4.79 Å². The van der Waals surface area contributed by atoms with Crippen LogP contribution in [0.1, 0.15) is 47.8 Å². The smallest absolute Gasteiger partial charge is 0.266 e. The Kier molecular flexibility index (Phi) is 6.23. The molecular weight excluding hydrogens is 370 g/mol. The molecule has 3 aromatic rings. The van der Waals surface area contributed by atoms with Crippen molar-refractivity contribution in [3.63, 3.8) is 0 Å². The van der Waals surface area contributed by atoms with E-state index in [2.05, 4.69) is 48.0 Å². The highest BCUT2D eigenvalue weighted by Crippen LogP contribution is 2.25. The molecule has 1 aromatic heterocycles. The highest BCUT2D eigenvalue weighted by atomic mass is 16.1. The van der Waals surface area contributed by atoms with Crippen LogP contribution < -0.4 is 5.32 Å². The molecule has 2 aromatic carbocycles. The summed E-state index contributed by atoms with van der Waals surface area (Å²) in [4.78, 5) is 12.6. The normalized spacial score (nSPS) is 11.4. The minimum Gasteiger partial charge on any atom is -0.321 e. The Labute approximate surface area is 178 Å². The number of anilines is 1. The molecule has 4 nitrogen and oxygen atoms in total. The van der Waals surface area contributed by atoms with Crippen LogP contribution in [0.2, 0.25) is 0 Å². The second kappa shape index (κ2) is 8.84. The quantitative estimate of drug-likeness (QED) is 0.419. The van der Waals surface area contributed by atoms with Gasteiger partial charge < -0.3 is 9.88 Å². The van der Waals surface area contributed by atoms with Gasteiger partial charge in [0.15, 0.2) is 0 Å². The summed E-state index contributed by atoms with van der Waals surface area (Å²) < 4.78 is 2.14. The Morgan fingerprint density at radius 1 is 1.03 bits per heavy atom. The molecule has 152 valence electrons. The molecule has 0 fully saturated rings. The van der Waals surface area contributed by atoms with Crippen LogP contribution in [-0.4, -0.2) is 10.5 Å². The Balaban J connectivity index is 1.90. The van der Waals surface area contributed by atoms with E-state index >= 15 is 0 Å². The number of carbonyl (C=O) groups is 1. The predicted molar refractivity (Wildman–Crippen MR) is 123 cm³/mol. The highest BCUT2D eigenvalue weighted by Gasteiger charge is 2.14. The number of carbonyl (C=O) groups excluding carboxylic acids is 1. The van der Waals surface area contributed by atoms with Crippen molar-refractivity contribution in [2.45, 2.75) is 40.5 Å². The number of nitrogens with one attached hydrogen (secondary N) is 1. The molecule has 0 saturated carbocycles. The fourth-order valence-corrected chi connectivity index (χ4v) is 3.48. The van der Waals surface area contributed by atoms with Crippen molar-refractivity contribution in [1.29, 1.82) is 5.26 Å². The van der Waals surface area contributed by atoms with E-state index in [1.165, 1.54) is 5.56 Å². The lowest BCUT2D eigenvalue weighted by Crippen LogP contribution is -2.13. The molecule has 0 atom stereocenters. The number of nitrogens with zero attached hydrogens (tertiary/aromatic N) is 2. The SMILES string of the molecule is Cc1ccc(NC(=O)C(C#N)=Cc2cc(C)n(-c3ccc(C(C)C)cc3)c2C)cc1. The van der Waals surface area contributed by atoms with E-state index < -0.39 is 5.91 Å². The first-order valence-electron chi connectivity index (χ1n) is 10.1. The molecule has 3 rings (SSSR count). The Hall–Kier alpha value is -3.58. The van der Waals surface area contributed by atoms with E-state index in [1.807, 2.05) is 57.2 Å². The van der Waals surface area contributed by atoms with Crippen LogP contribution in [0.4, 0.5) is 5.69 Å². The first kappa shape index (κ1) is 21.1. The van der Waals surface area contributed by atoms with Gasteiger partial charge in [-0.3, -0.25) is 4.79 Å². The van der Waals surface area contributed by atoms with Crippen LogP contribution in [-0.2, 0) is 4.79 Å². The lowest BCUT2D eigenvalue weighted by Gasteiger charge is -2.12. The first-order chi connectivity index (χ1) is 14.3. The number of hydrogen-bond acceptors (Lipinski definition) is 2. The molecule has 1 heterocycles. The third-order valence-electron chi connectivity index (χ3n) is 5.26. The van der Waals surface area contributed by atoms with Crippen LogP contribution in [0.3, 0.4) is 0 Å². The van der Waals surface area contributed by atoms with Crippen LogP contribution >= 0.6 is 0 Å². The van der Waals surface area contributed by atoms with Crippen LogP contribution in [0.5, 0.6) is 0 Å². The fraction of sp³-hybridized carbons (Fsp3) is 0.231. The minimum absolute atomic E-state index is 0.0750. The van der Waals surface area contributed by atoms with Crippen LogP contribution in [0.15, 0.2) is 60.2 Å². The van der Waals surface area contributed by atoms with Gasteiger partial charge in [0.05, 0.1) is 0 Å². The number of benzene rings is 2. The molecule has 4 heteroatoms. The first-order valence-corrected chi connectivity index (χ1v) is 10.1. The van der Waals surface area contributed by atoms with Gasteiger partial charge in [0.1, 0.15) is 11.6 Å². The molecule has 1 N–H and O–H groups in total. The number of aromatic nitrogens is 1. The fourth-order valence-electron chi connectivity index (χ4n) is 3.48. The lowest BCUT2D eigenvalue weighted by atomic mass is 10.0. The number of hydrogen-bond donors (Lipinski definition) is 1. The zero-order valence-electron chi connectivity index (χ0n) is 18.2. The van der Waals surface area contributed by atoms with Gasteiger partial charge in [-0.15, -0.1) is 0 Å². The summed E-state index contributed by atoms with van der Waals surface area (Å²) in [5, 5.41) is 12.4. The maximum atomic E-state index is 12.6. The summed E-state index contributed by atoms with van der Waals surface area (Å²) in [6, 6.07) is 20.0. The maximum Gasteiger partial charge on any atom is 0.266 e. The Morgan fingerprint density at radius 3 is 2.23 bits per heavy atom. The number of nitriles is 1. The molecule has 0 aliphatic carbocycles. The van der Waals surface area contributed by atoms with E-state index in [-0.39, 0.29) is 5.57 Å². The van der Waals surface area contributed by atoms with Crippen molar-refractivity contribution in [2.24, 2.45) is 0 Å². The van der Waals surface area contributed by atoms with Gasteiger partial charge in [0.2, 0.25) is 0 Å². The molecule has 0 bridgehead atoms. The molecule has 30 heavy (non-hydrogen) atoms. The van der Waals surface area contributed by atoms with E-state index in [4.69, 9.17) is 0 Å². The van der Waals surface area contributed by atoms with Crippen LogP contribution in [0, 0.1) is 32.1 Å². The minimum atomic E-state index is -0.410. The summed E-state index contributed by atoms with van der Waals surface area (Å²) in [5.41, 5.74) is 7.10. The third kappa shape index (κ3) is 4.52. The van der Waals surface area contributed by atoms with Crippen molar-refractivity contribution in [2.75, 3.05) is 5.32 Å². The van der Waals surface area contributed by atoms with Gasteiger partial charge in [-0.25, -0.2) is 0 Å². The predicted octanol–water partition coefficient (Wildman–Crippen LogP) is 6.07. The summed E-state index contributed by atoms with van der Waals surface area (Å²) in [7, 11) is 0. The van der Waals surface area contributed by atoms with Gasteiger partial charge in [0, 0.05) is 22.8 Å². The van der Waals surface area contributed by atoms with Crippen molar-refractivity contribution in [1.82, 2.24) is 4.57 Å². The van der Waals surface area contributed by atoms with Crippen molar-refractivity contribution >= 4 is 17.7 Å². The molecule has 0 saturated heterocycles. The summed E-state index contributed by atoms with van der Waals surface area (Å²) in [6.07, 6.45) is 1.66. The highest BCUT2D eigenvalue weighted by molar-refractivity contribution is 6.09. The number of aryl methyl sites for hydroxylation is 2. The Morgan fingerprint density at radius 2 is 1.67 bits per heavy atom. The zero-order valence-corrected chi connectivity index (χ0v) is 18.2. The molecule has 1 amide bonds. The van der Waals surface area contributed by atoms with Gasteiger partial charge in [-0.05, 0) is 74.2 Å². The van der Waals surface area contributed by atoms with E-state index in [0.29, 0.717) is 11.6 Å². The summed E-state index contributed by atoms with van der Waals surface area (Å²) in [6.45, 7) is 10.4. The maximum absolute atomic E-state index is 12.6. The average Bonchev–Trinajstić information content (AvgIpc) is 3.00. The van der Waals surface area contributed by atoms with E-state index in [0.717, 1.165) is 28.2 Å². The van der Waals surface area contributed by atoms with E-state index in [1.54, 1.807) is 6.08 Å². The zero-order chi connectivity index (χ0) is 21.8. The van der Waals surface area contributed by atoms with Gasteiger partial charge in [-0.1, -0.05) is 43.7 Å². The van der Waals surface area contributed by atoms with Gasteiger partial charge in [0.25, 0.3) is 5.91 Å². The van der Waals surface area contributed by atoms with Crippen molar-refractivity contribution in [3.05, 3.63) is 88.2 Å². The lowest BCUT2D eigenvalue weighted by molar-refractivity contribution is -0.112. The van der Waals surface area contributed by atoms with Crippen molar-refractivity contribution in [3.8, 4) is 11.8 Å². The largest absolute Gasteiger partial charge is 0.321 e. The topological polar surface area (TPSA) is 57.8 Å².